The summed E-state index contributed by atoms with van der Waals surface area (Å²) in [7, 11) is 3.22. The number of aliphatic hydroxyl groups is 14. The maximum Gasteiger partial charge on any atom is 0.186 e. The highest BCUT2D eigenvalue weighted by molar-refractivity contribution is 5.44. The summed E-state index contributed by atoms with van der Waals surface area (Å²) in [5.41, 5.74) is 1.57. The van der Waals surface area contributed by atoms with Crippen molar-refractivity contribution in [2.45, 2.75) is 207 Å². The molecule has 1 aromatic rings. The maximum absolute atomic E-state index is 11.4. The first kappa shape index (κ1) is 59.3. The van der Waals surface area contributed by atoms with Gasteiger partial charge in [0.25, 0.3) is 0 Å². The topological polar surface area (TPSA) is 376 Å². The van der Waals surface area contributed by atoms with E-state index in [1.165, 1.54) is 5.57 Å². The minimum absolute atomic E-state index is 0.157. The van der Waals surface area contributed by atoms with E-state index in [0.29, 0.717) is 24.3 Å². The third-order valence-corrected chi connectivity index (χ3v) is 19.1. The molecule has 0 radical (unpaired) electrons. The number of methoxy groups -OCH3 is 2. The van der Waals surface area contributed by atoms with Crippen LogP contribution < -0.4 is 9.47 Å². The van der Waals surface area contributed by atoms with Crippen molar-refractivity contribution >= 4 is 0 Å². The van der Waals surface area contributed by atoms with Gasteiger partial charge in [-0.15, -0.1) is 0 Å². The summed E-state index contributed by atoms with van der Waals surface area (Å²) < 4.78 is 59.3. The van der Waals surface area contributed by atoms with Crippen LogP contribution >= 0.6 is 0 Å². The van der Waals surface area contributed by atoms with Crippen molar-refractivity contribution in [2.75, 3.05) is 40.6 Å². The first-order valence-electron chi connectivity index (χ1n) is 27.1. The fraction of sp³-hybridized carbons (Fsp3) is 0.849. The molecule has 7 fully saturated rings. The molecule has 24 nitrogen and oxygen atoms in total. The number of rotatable bonds is 16. The SMILES string of the molecule is COc1ccc(OC)c(C2CC3C4CC=C5CC(OC6O[C@H](CO[C@H]7O[C@H](CO)[C@@H](O)[C@H](O)[C@H]7O)[C@@H](O)[C@H](O)[C@H]6O)CCC5(C)C4CCC3(C)C2C(C)OC2O[C@H](CO[C@H]3O[C@H](CO)[C@@H](O)[C@H](O)[C@H]3O)[C@@H](O)[C@H](O)[C@H]2O)c1. The summed E-state index contributed by atoms with van der Waals surface area (Å²) in [6, 6.07) is 5.71. The monoisotopic (exact) mass is 1100 g/mol. The fourth-order valence-corrected chi connectivity index (χ4v) is 14.8. The summed E-state index contributed by atoms with van der Waals surface area (Å²) in [5, 5.41) is 148. The van der Waals surface area contributed by atoms with Gasteiger partial charge in [-0.2, -0.15) is 0 Å². The summed E-state index contributed by atoms with van der Waals surface area (Å²) >= 11 is 0. The largest absolute Gasteiger partial charge is 0.497 e. The molecule has 29 atom stereocenters. The van der Waals surface area contributed by atoms with Gasteiger partial charge in [0.2, 0.25) is 0 Å². The van der Waals surface area contributed by atoms with E-state index in [4.69, 9.17) is 47.4 Å². The van der Waals surface area contributed by atoms with Gasteiger partial charge in [0.15, 0.2) is 25.2 Å². The smallest absolute Gasteiger partial charge is 0.186 e. The van der Waals surface area contributed by atoms with E-state index in [-0.39, 0.29) is 40.4 Å². The Hall–Kier alpha value is -2.32. The maximum atomic E-state index is 11.4. The third kappa shape index (κ3) is 11.0. The van der Waals surface area contributed by atoms with E-state index < -0.39 is 161 Å². The van der Waals surface area contributed by atoms with Crippen LogP contribution in [-0.4, -0.2) is 247 Å². The van der Waals surface area contributed by atoms with Crippen LogP contribution in [0.1, 0.15) is 77.2 Å². The van der Waals surface area contributed by atoms with Crippen molar-refractivity contribution in [2.24, 2.45) is 34.5 Å². The number of allylic oxidation sites excluding steroid dienone is 1. The van der Waals surface area contributed by atoms with Crippen LogP contribution in [0.15, 0.2) is 29.8 Å². The lowest BCUT2D eigenvalue weighted by molar-refractivity contribution is -0.338. The molecule has 14 N–H and O–H groups in total. The molecule has 8 aliphatic rings. The number of fused-ring (bicyclic) bond motifs is 5. The molecule has 24 heteroatoms. The zero-order chi connectivity index (χ0) is 55.6. The number of hydrogen-bond donors (Lipinski definition) is 14. The molecule has 11 unspecified atom stereocenters. The van der Waals surface area contributed by atoms with E-state index in [1.807, 2.05) is 25.1 Å². The fourth-order valence-electron chi connectivity index (χ4n) is 14.8. The molecule has 438 valence electrons. The van der Waals surface area contributed by atoms with Gasteiger partial charge < -0.3 is 119 Å². The quantitative estimate of drug-likeness (QED) is 0.0734. The van der Waals surface area contributed by atoms with Crippen molar-refractivity contribution in [1.82, 2.24) is 0 Å². The molecule has 3 saturated carbocycles. The molecule has 1 aromatic carbocycles. The molecule has 0 aromatic heterocycles. The van der Waals surface area contributed by atoms with Crippen LogP contribution in [0.2, 0.25) is 0 Å². The number of hydrogen-bond acceptors (Lipinski definition) is 24. The zero-order valence-electron chi connectivity index (χ0n) is 44.0. The second kappa shape index (κ2) is 23.9. The van der Waals surface area contributed by atoms with Crippen molar-refractivity contribution in [1.29, 1.82) is 0 Å². The lowest BCUT2D eigenvalue weighted by Crippen LogP contribution is -2.62. The molecule has 0 bridgehead atoms. The highest BCUT2D eigenvalue weighted by Gasteiger charge is 2.64. The minimum Gasteiger partial charge on any atom is -0.497 e. The van der Waals surface area contributed by atoms with Gasteiger partial charge in [-0.1, -0.05) is 25.5 Å². The normalized spacial score (nSPS) is 49.5. The Morgan fingerprint density at radius 2 is 1.12 bits per heavy atom. The van der Waals surface area contributed by atoms with E-state index >= 15 is 0 Å². The number of aliphatic hydroxyl groups excluding tert-OH is 14. The summed E-state index contributed by atoms with van der Waals surface area (Å²) in [6.45, 7) is 4.20. The Balaban J connectivity index is 0.906. The molecular formula is C53H82O24. The summed E-state index contributed by atoms with van der Waals surface area (Å²) in [6.07, 6.45) is -24.7. The van der Waals surface area contributed by atoms with Gasteiger partial charge >= 0.3 is 0 Å². The Bertz CT molecular complexity index is 2150. The second-order valence-corrected chi connectivity index (χ2v) is 23.2. The molecule has 0 spiro atoms. The molecule has 4 aliphatic carbocycles. The molecule has 4 aliphatic heterocycles. The van der Waals surface area contributed by atoms with Crippen LogP contribution in [0, 0.1) is 34.5 Å². The van der Waals surface area contributed by atoms with Crippen LogP contribution in [0.4, 0.5) is 0 Å². The summed E-state index contributed by atoms with van der Waals surface area (Å²) in [4.78, 5) is 0. The zero-order valence-corrected chi connectivity index (χ0v) is 44.0. The molecule has 77 heavy (non-hydrogen) atoms. The summed E-state index contributed by atoms with van der Waals surface area (Å²) in [5.74, 6) is 1.60. The molecule has 0 amide bonds. The minimum atomic E-state index is -1.74. The van der Waals surface area contributed by atoms with Crippen LogP contribution in [-0.2, 0) is 37.9 Å². The predicted molar refractivity (Wildman–Crippen MR) is 261 cm³/mol. The second-order valence-electron chi connectivity index (χ2n) is 23.2. The van der Waals surface area contributed by atoms with Crippen molar-refractivity contribution in [3.05, 3.63) is 35.4 Å². The first-order valence-corrected chi connectivity index (χ1v) is 27.1. The molecule has 4 heterocycles. The third-order valence-electron chi connectivity index (χ3n) is 19.1. The van der Waals surface area contributed by atoms with Crippen LogP contribution in [0.5, 0.6) is 11.5 Å². The van der Waals surface area contributed by atoms with Gasteiger partial charge in [-0.3, -0.25) is 0 Å². The lowest BCUT2D eigenvalue weighted by atomic mass is 9.47. The van der Waals surface area contributed by atoms with Crippen molar-refractivity contribution < 1.29 is 119 Å². The predicted octanol–water partition coefficient (Wildman–Crippen LogP) is -2.99. The Kier molecular flexibility index (Phi) is 18.4. The molecular weight excluding hydrogens is 1020 g/mol. The molecule has 4 saturated heterocycles. The van der Waals surface area contributed by atoms with Gasteiger partial charge in [0, 0.05) is 5.56 Å². The van der Waals surface area contributed by atoms with Crippen molar-refractivity contribution in [3.8, 4) is 11.5 Å². The van der Waals surface area contributed by atoms with Crippen LogP contribution in [0.25, 0.3) is 0 Å². The number of benzene rings is 1. The highest BCUT2D eigenvalue weighted by atomic mass is 16.7. The Morgan fingerprint density at radius 1 is 0.597 bits per heavy atom. The Morgan fingerprint density at radius 3 is 1.66 bits per heavy atom. The highest BCUT2D eigenvalue weighted by Crippen LogP contribution is 2.70. The van der Waals surface area contributed by atoms with E-state index in [1.54, 1.807) is 14.2 Å². The van der Waals surface area contributed by atoms with Gasteiger partial charge in [-0.25, -0.2) is 0 Å². The Labute approximate surface area is 446 Å². The van der Waals surface area contributed by atoms with E-state index in [0.717, 1.165) is 37.7 Å². The van der Waals surface area contributed by atoms with Crippen LogP contribution in [0.3, 0.4) is 0 Å². The standard InChI is InChI=1S/C53H82O24/c1-21(72-50-46(66)42(62)38(58)33(76-50)19-70-48-44(64)40(60)36(56)31(17-54)74-48)35-27(26-15-23(68-4)7-9-30(26)69-5)16-29-25-8-6-22-14-24(10-12-52(22,2)28(25)11-13-53(29,35)3)73-51-47(67)43(63)39(59)34(77-51)20-71-49-45(65)41(61)37(57)32(18-55)75-49/h6-7,9,15,21,24-25,27-29,31-51,54-67H,8,10-14,16-20H2,1-5H3/t21?,24?,25?,27?,28?,29?,31-,32-,33-,34-,35?,36-,37-,38-,39-,40+,41+,42+,43+,44-,45-,46-,47-,48+,49+,50?,51?,52?,53?/m1/s1. The average Bonchev–Trinajstić information content (AvgIpc) is 4.01. The number of ether oxygens (including phenoxy) is 10. The average molecular weight is 1100 g/mol. The van der Waals surface area contributed by atoms with E-state index in [9.17, 15) is 71.5 Å². The lowest BCUT2D eigenvalue weighted by Gasteiger charge is -2.58. The van der Waals surface area contributed by atoms with E-state index in [2.05, 4.69) is 19.9 Å². The van der Waals surface area contributed by atoms with Gasteiger partial charge in [0.1, 0.15) is 109 Å². The van der Waals surface area contributed by atoms with Gasteiger partial charge in [0.05, 0.1) is 52.9 Å². The molecule has 9 rings (SSSR count). The van der Waals surface area contributed by atoms with Crippen molar-refractivity contribution in [3.63, 3.8) is 0 Å². The van der Waals surface area contributed by atoms with Gasteiger partial charge in [-0.05, 0) is 110 Å². The first-order chi connectivity index (χ1) is 36.6.